The maximum atomic E-state index is 13.6. The predicted octanol–water partition coefficient (Wildman–Crippen LogP) is 4.29. The van der Waals surface area contributed by atoms with E-state index in [0.29, 0.717) is 67.4 Å². The molecule has 3 aromatic carbocycles. The number of hydrogen-bond acceptors (Lipinski definition) is 5. The van der Waals surface area contributed by atoms with Gasteiger partial charge < -0.3 is 24.8 Å². The van der Waals surface area contributed by atoms with Crippen molar-refractivity contribution >= 4 is 29.1 Å². The quantitative estimate of drug-likeness (QED) is 0.515. The van der Waals surface area contributed by atoms with Gasteiger partial charge in [-0.25, -0.2) is 4.39 Å². The summed E-state index contributed by atoms with van der Waals surface area (Å²) < 4.78 is 18.8. The van der Waals surface area contributed by atoms with E-state index in [1.165, 1.54) is 18.2 Å². The minimum atomic E-state index is -0.441. The zero-order valence-corrected chi connectivity index (χ0v) is 21.9. The number of piperazine rings is 1. The topological polar surface area (TPSA) is 82.2 Å². The maximum absolute atomic E-state index is 13.6. The van der Waals surface area contributed by atoms with Gasteiger partial charge in [0.05, 0.1) is 12.7 Å². The number of hydrogen-bond donors (Lipinski definition) is 1. The van der Waals surface area contributed by atoms with E-state index < -0.39 is 5.82 Å². The van der Waals surface area contributed by atoms with Gasteiger partial charge in [0.2, 0.25) is 0 Å². The van der Waals surface area contributed by atoms with Gasteiger partial charge in [-0.2, -0.15) is 0 Å². The Morgan fingerprint density at radius 3 is 2.13 bits per heavy atom. The molecule has 0 unspecified atom stereocenters. The monoisotopic (exact) mass is 530 g/mol. The first-order valence-electron chi connectivity index (χ1n) is 13.1. The van der Waals surface area contributed by atoms with Crippen LogP contribution in [0.4, 0.5) is 15.8 Å². The number of ether oxygens (including phenoxy) is 1. The number of carbonyl (C=O) groups excluding carboxylic acids is 3. The molecule has 0 radical (unpaired) electrons. The fourth-order valence-corrected chi connectivity index (χ4v) is 5.05. The molecule has 0 aromatic heterocycles. The highest BCUT2D eigenvalue weighted by Crippen LogP contribution is 2.29. The van der Waals surface area contributed by atoms with Crippen LogP contribution in [0.2, 0.25) is 0 Å². The molecule has 2 heterocycles. The third kappa shape index (κ3) is 5.87. The van der Waals surface area contributed by atoms with Crippen molar-refractivity contribution in [1.29, 1.82) is 0 Å². The number of likely N-dealkylation sites (tertiary alicyclic amines) is 1. The first kappa shape index (κ1) is 26.2. The third-order valence-corrected chi connectivity index (χ3v) is 7.21. The number of halogens is 1. The normalized spacial score (nSPS) is 15.3. The molecular formula is C30H31FN4O4. The molecule has 0 aliphatic carbocycles. The van der Waals surface area contributed by atoms with Crippen molar-refractivity contribution in [3.8, 4) is 5.75 Å². The predicted molar refractivity (Wildman–Crippen MR) is 147 cm³/mol. The second-order valence-electron chi connectivity index (χ2n) is 9.70. The highest BCUT2D eigenvalue weighted by molar-refractivity contribution is 6.06. The van der Waals surface area contributed by atoms with E-state index in [4.69, 9.17) is 4.74 Å². The Morgan fingerprint density at radius 2 is 1.46 bits per heavy atom. The lowest BCUT2D eigenvalue weighted by atomic mass is 10.1. The van der Waals surface area contributed by atoms with Crippen molar-refractivity contribution in [3.05, 3.63) is 89.2 Å². The van der Waals surface area contributed by atoms with Crippen molar-refractivity contribution in [2.75, 3.05) is 56.6 Å². The van der Waals surface area contributed by atoms with Gasteiger partial charge in [-0.1, -0.05) is 6.07 Å². The fraction of sp³-hybridized carbons (Fsp3) is 0.300. The Hall–Kier alpha value is -4.40. The molecule has 8 nitrogen and oxygen atoms in total. The van der Waals surface area contributed by atoms with Crippen LogP contribution in [0.3, 0.4) is 0 Å². The van der Waals surface area contributed by atoms with E-state index in [0.717, 1.165) is 18.5 Å². The molecule has 5 rings (SSSR count). The van der Waals surface area contributed by atoms with Crippen molar-refractivity contribution in [3.63, 3.8) is 0 Å². The number of benzene rings is 3. The zero-order chi connectivity index (χ0) is 27.4. The zero-order valence-electron chi connectivity index (χ0n) is 21.9. The lowest BCUT2D eigenvalue weighted by Crippen LogP contribution is -2.49. The summed E-state index contributed by atoms with van der Waals surface area (Å²) in [6, 6.07) is 17.9. The number of amides is 3. The summed E-state index contributed by atoms with van der Waals surface area (Å²) in [4.78, 5) is 44.9. The van der Waals surface area contributed by atoms with Crippen molar-refractivity contribution in [2.24, 2.45) is 0 Å². The number of nitrogens with one attached hydrogen (secondary N) is 1. The van der Waals surface area contributed by atoms with Gasteiger partial charge in [0.1, 0.15) is 11.6 Å². The van der Waals surface area contributed by atoms with Gasteiger partial charge in [0, 0.05) is 61.8 Å². The molecule has 0 bridgehead atoms. The largest absolute Gasteiger partial charge is 0.497 e. The van der Waals surface area contributed by atoms with Crippen LogP contribution >= 0.6 is 0 Å². The summed E-state index contributed by atoms with van der Waals surface area (Å²) in [6.07, 6.45) is 1.94. The Labute approximate surface area is 227 Å². The van der Waals surface area contributed by atoms with Crippen molar-refractivity contribution in [1.82, 2.24) is 9.80 Å². The fourth-order valence-electron chi connectivity index (χ4n) is 5.05. The number of rotatable bonds is 6. The van der Waals surface area contributed by atoms with Crippen LogP contribution in [0.25, 0.3) is 0 Å². The Kier molecular flexibility index (Phi) is 7.76. The second kappa shape index (κ2) is 11.6. The molecule has 0 atom stereocenters. The van der Waals surface area contributed by atoms with Crippen LogP contribution in [-0.2, 0) is 0 Å². The first-order valence-corrected chi connectivity index (χ1v) is 13.1. The highest BCUT2D eigenvalue weighted by Gasteiger charge is 2.28. The van der Waals surface area contributed by atoms with Crippen LogP contribution in [0.1, 0.15) is 43.9 Å². The average Bonchev–Trinajstić information content (AvgIpc) is 3.52. The van der Waals surface area contributed by atoms with Gasteiger partial charge in [0.15, 0.2) is 0 Å². The number of methoxy groups -OCH3 is 1. The summed E-state index contributed by atoms with van der Waals surface area (Å²) in [7, 11) is 1.57. The minimum absolute atomic E-state index is 0.0682. The Balaban J connectivity index is 1.34. The molecule has 3 amide bonds. The van der Waals surface area contributed by atoms with E-state index in [-0.39, 0.29) is 17.7 Å². The van der Waals surface area contributed by atoms with Gasteiger partial charge >= 0.3 is 0 Å². The smallest absolute Gasteiger partial charge is 0.256 e. The molecule has 202 valence electrons. The van der Waals surface area contributed by atoms with Crippen LogP contribution in [-0.4, -0.2) is 73.9 Å². The molecule has 0 saturated carbocycles. The van der Waals surface area contributed by atoms with Gasteiger partial charge in [0.25, 0.3) is 17.7 Å². The molecule has 3 aromatic rings. The number of anilines is 2. The Morgan fingerprint density at radius 1 is 0.769 bits per heavy atom. The van der Waals surface area contributed by atoms with E-state index in [1.807, 2.05) is 11.0 Å². The lowest BCUT2D eigenvalue weighted by molar-refractivity contribution is 0.0742. The van der Waals surface area contributed by atoms with Gasteiger partial charge in [-0.3, -0.25) is 14.4 Å². The average molecular weight is 531 g/mol. The van der Waals surface area contributed by atoms with Gasteiger partial charge in [-0.15, -0.1) is 0 Å². The summed E-state index contributed by atoms with van der Waals surface area (Å²) >= 11 is 0. The SMILES string of the molecule is COc1ccc(C(=O)Nc2ccc(N3CCN(C(=O)c4cccc(F)c4)CC3)c(C(=O)N3CCCC3)c2)cc1. The standard InChI is InChI=1S/C30H31FN4O4/c1-39-25-10-7-21(8-11-25)28(36)32-24-9-12-27(26(20-24)30(38)34-13-2-3-14-34)33-15-17-35(18-16-33)29(37)22-5-4-6-23(31)19-22/h4-12,19-20H,2-3,13-18H2,1H3,(H,32,36). The second-order valence-corrected chi connectivity index (χ2v) is 9.70. The van der Waals surface area contributed by atoms with Gasteiger partial charge in [-0.05, 0) is 73.5 Å². The summed E-state index contributed by atoms with van der Waals surface area (Å²) in [5.74, 6) is -0.342. The lowest BCUT2D eigenvalue weighted by Gasteiger charge is -2.37. The number of carbonyl (C=O) groups is 3. The van der Waals surface area contributed by atoms with E-state index in [2.05, 4.69) is 10.2 Å². The van der Waals surface area contributed by atoms with Crippen LogP contribution < -0.4 is 15.0 Å². The van der Waals surface area contributed by atoms with Crippen LogP contribution in [0.15, 0.2) is 66.7 Å². The third-order valence-electron chi connectivity index (χ3n) is 7.21. The van der Waals surface area contributed by atoms with E-state index in [1.54, 1.807) is 54.5 Å². The summed E-state index contributed by atoms with van der Waals surface area (Å²) in [5.41, 5.74) is 2.63. The summed E-state index contributed by atoms with van der Waals surface area (Å²) in [6.45, 7) is 3.36. The Bertz CT molecular complexity index is 1360. The van der Waals surface area contributed by atoms with Crippen molar-refractivity contribution in [2.45, 2.75) is 12.8 Å². The molecule has 1 N–H and O–H groups in total. The van der Waals surface area contributed by atoms with E-state index in [9.17, 15) is 18.8 Å². The van der Waals surface area contributed by atoms with E-state index >= 15 is 0 Å². The van der Waals surface area contributed by atoms with Crippen molar-refractivity contribution < 1.29 is 23.5 Å². The maximum Gasteiger partial charge on any atom is 0.256 e. The highest BCUT2D eigenvalue weighted by atomic mass is 19.1. The molecule has 0 spiro atoms. The molecule has 2 fully saturated rings. The molecule has 2 aliphatic heterocycles. The van der Waals surface area contributed by atoms with Crippen LogP contribution in [0.5, 0.6) is 5.75 Å². The summed E-state index contributed by atoms with van der Waals surface area (Å²) in [5, 5.41) is 2.90. The molecule has 9 heteroatoms. The molecular weight excluding hydrogens is 499 g/mol. The molecule has 39 heavy (non-hydrogen) atoms. The minimum Gasteiger partial charge on any atom is -0.497 e. The molecule has 2 aliphatic rings. The number of nitrogens with zero attached hydrogens (tertiary/aromatic N) is 3. The first-order chi connectivity index (χ1) is 18.9. The molecule has 2 saturated heterocycles. The van der Waals surface area contributed by atoms with Crippen LogP contribution in [0, 0.1) is 5.82 Å².